The number of amides is 2. The molecule has 154 valence electrons. The van der Waals surface area contributed by atoms with Crippen LogP contribution in [0.3, 0.4) is 0 Å². The van der Waals surface area contributed by atoms with Crippen LogP contribution in [0.2, 0.25) is 5.02 Å². The summed E-state index contributed by atoms with van der Waals surface area (Å²) in [6.45, 7) is 5.86. The lowest BCUT2D eigenvalue weighted by molar-refractivity contribution is -0.119. The van der Waals surface area contributed by atoms with Gasteiger partial charge in [-0.25, -0.2) is 4.79 Å². The zero-order valence-corrected chi connectivity index (χ0v) is 17.5. The Hall–Kier alpha value is -2.86. The summed E-state index contributed by atoms with van der Waals surface area (Å²) in [6.07, 6.45) is 0.697. The molecule has 2 N–H and O–H groups in total. The third-order valence-electron chi connectivity index (χ3n) is 4.56. The summed E-state index contributed by atoms with van der Waals surface area (Å²) < 4.78 is 4.94. The molecule has 6 nitrogen and oxygen atoms in total. The topological polar surface area (TPSA) is 84.5 Å². The maximum Gasteiger partial charge on any atom is 0.338 e. The van der Waals surface area contributed by atoms with E-state index in [9.17, 15) is 14.4 Å². The van der Waals surface area contributed by atoms with Crippen LogP contribution in [0, 0.1) is 5.92 Å². The summed E-state index contributed by atoms with van der Waals surface area (Å²) in [6, 6.07) is 12.3. The molecule has 2 unspecified atom stereocenters. The second-order valence-electron chi connectivity index (χ2n) is 6.60. The largest absolute Gasteiger partial charge is 0.462 e. The normalized spacial score (nSPS) is 12.6. The number of anilines is 1. The zero-order valence-electron chi connectivity index (χ0n) is 16.7. The van der Waals surface area contributed by atoms with E-state index in [2.05, 4.69) is 10.6 Å². The Bertz CT molecular complexity index is 867. The van der Waals surface area contributed by atoms with Crippen molar-refractivity contribution in [2.75, 3.05) is 11.9 Å². The highest BCUT2D eigenvalue weighted by molar-refractivity contribution is 6.33. The van der Waals surface area contributed by atoms with Crippen LogP contribution in [0.1, 0.15) is 47.9 Å². The van der Waals surface area contributed by atoms with E-state index >= 15 is 0 Å². The minimum Gasteiger partial charge on any atom is -0.462 e. The number of carbonyl (C=O) groups excluding carboxylic acids is 3. The average molecular weight is 417 g/mol. The monoisotopic (exact) mass is 416 g/mol. The Morgan fingerprint density at radius 2 is 1.69 bits per heavy atom. The number of benzene rings is 2. The molecule has 0 heterocycles. The number of rotatable bonds is 8. The van der Waals surface area contributed by atoms with Crippen LogP contribution in [0.5, 0.6) is 0 Å². The molecule has 0 spiro atoms. The first-order chi connectivity index (χ1) is 13.9. The van der Waals surface area contributed by atoms with Crippen molar-refractivity contribution >= 4 is 35.1 Å². The molecule has 0 aliphatic carbocycles. The van der Waals surface area contributed by atoms with Crippen molar-refractivity contribution in [3.8, 4) is 0 Å². The van der Waals surface area contributed by atoms with E-state index in [1.54, 1.807) is 55.5 Å². The van der Waals surface area contributed by atoms with Gasteiger partial charge in [-0.1, -0.05) is 44.0 Å². The van der Waals surface area contributed by atoms with E-state index in [1.165, 1.54) is 0 Å². The summed E-state index contributed by atoms with van der Waals surface area (Å²) in [5, 5.41) is 5.89. The number of ether oxygens (including phenoxy) is 1. The minimum atomic E-state index is -0.742. The van der Waals surface area contributed by atoms with Gasteiger partial charge in [-0.15, -0.1) is 0 Å². The Labute approximate surface area is 175 Å². The van der Waals surface area contributed by atoms with Gasteiger partial charge in [0.05, 0.1) is 22.8 Å². The molecule has 0 fully saturated rings. The molecule has 0 radical (unpaired) electrons. The number of halogens is 1. The van der Waals surface area contributed by atoms with Crippen LogP contribution in [-0.4, -0.2) is 30.4 Å². The second-order valence-corrected chi connectivity index (χ2v) is 7.01. The van der Waals surface area contributed by atoms with E-state index in [4.69, 9.17) is 16.3 Å². The first-order valence-electron chi connectivity index (χ1n) is 9.50. The maximum atomic E-state index is 12.8. The van der Waals surface area contributed by atoms with Crippen LogP contribution in [0.25, 0.3) is 0 Å². The van der Waals surface area contributed by atoms with Crippen molar-refractivity contribution in [3.63, 3.8) is 0 Å². The molecule has 7 heteroatoms. The molecule has 0 saturated carbocycles. The van der Waals surface area contributed by atoms with E-state index in [1.807, 2.05) is 13.8 Å². The van der Waals surface area contributed by atoms with E-state index in [0.717, 1.165) is 0 Å². The molecule has 0 bridgehead atoms. The van der Waals surface area contributed by atoms with Gasteiger partial charge >= 0.3 is 5.97 Å². The van der Waals surface area contributed by atoms with E-state index in [-0.39, 0.29) is 11.8 Å². The Kier molecular flexibility index (Phi) is 8.21. The fourth-order valence-corrected chi connectivity index (χ4v) is 2.91. The van der Waals surface area contributed by atoms with Crippen molar-refractivity contribution in [3.05, 3.63) is 64.7 Å². The Morgan fingerprint density at radius 1 is 1.03 bits per heavy atom. The first kappa shape index (κ1) is 22.4. The standard InChI is InChI=1S/C22H25ClN2O4/c1-4-14(3)19(25-20(26)17-8-6-7-9-18(17)23)21(27)24-16-12-10-15(11-13-16)22(28)29-5-2/h6-14,19H,4-5H2,1-3H3,(H,24,27)(H,25,26). The highest BCUT2D eigenvalue weighted by Gasteiger charge is 2.27. The van der Waals surface area contributed by atoms with Gasteiger partial charge < -0.3 is 15.4 Å². The molecule has 2 rings (SSSR count). The lowest BCUT2D eigenvalue weighted by Crippen LogP contribution is -2.47. The van der Waals surface area contributed by atoms with Crippen LogP contribution in [-0.2, 0) is 9.53 Å². The van der Waals surface area contributed by atoms with Gasteiger partial charge in [0.2, 0.25) is 5.91 Å². The van der Waals surface area contributed by atoms with Crippen molar-refractivity contribution in [1.29, 1.82) is 0 Å². The fourth-order valence-electron chi connectivity index (χ4n) is 2.69. The molecular weight excluding hydrogens is 392 g/mol. The third-order valence-corrected chi connectivity index (χ3v) is 4.89. The summed E-state index contributed by atoms with van der Waals surface area (Å²) >= 11 is 6.09. The second kappa shape index (κ2) is 10.6. The number of nitrogens with one attached hydrogen (secondary N) is 2. The van der Waals surface area contributed by atoms with Crippen molar-refractivity contribution in [2.24, 2.45) is 5.92 Å². The smallest absolute Gasteiger partial charge is 0.338 e. The quantitative estimate of drug-likeness (QED) is 0.628. The molecular formula is C22H25ClN2O4. The van der Waals surface area contributed by atoms with Gasteiger partial charge in [-0.3, -0.25) is 9.59 Å². The van der Waals surface area contributed by atoms with Gasteiger partial charge in [-0.05, 0) is 49.2 Å². The van der Waals surface area contributed by atoms with Crippen LogP contribution in [0.15, 0.2) is 48.5 Å². The lowest BCUT2D eigenvalue weighted by atomic mass is 9.97. The van der Waals surface area contributed by atoms with Gasteiger partial charge in [0.25, 0.3) is 5.91 Å². The predicted molar refractivity (Wildman–Crippen MR) is 113 cm³/mol. The maximum absolute atomic E-state index is 12.8. The summed E-state index contributed by atoms with van der Waals surface area (Å²) in [5.74, 6) is -1.27. The Balaban J connectivity index is 2.12. The van der Waals surface area contributed by atoms with Crippen LogP contribution in [0.4, 0.5) is 5.69 Å². The minimum absolute atomic E-state index is 0.0970. The molecule has 2 aromatic rings. The van der Waals surface area contributed by atoms with Crippen LogP contribution >= 0.6 is 11.6 Å². The summed E-state index contributed by atoms with van der Waals surface area (Å²) in [4.78, 5) is 37.2. The molecule has 0 aliphatic heterocycles. The van der Waals surface area contributed by atoms with Crippen LogP contribution < -0.4 is 10.6 Å². The third kappa shape index (κ3) is 6.06. The number of esters is 1. The highest BCUT2D eigenvalue weighted by Crippen LogP contribution is 2.18. The van der Waals surface area contributed by atoms with Gasteiger partial charge in [0.1, 0.15) is 6.04 Å². The van der Waals surface area contributed by atoms with Crippen molar-refractivity contribution in [2.45, 2.75) is 33.2 Å². The predicted octanol–water partition coefficient (Wildman–Crippen LogP) is 4.30. The number of hydrogen-bond acceptors (Lipinski definition) is 4. The average Bonchev–Trinajstić information content (AvgIpc) is 2.72. The van der Waals surface area contributed by atoms with Crippen molar-refractivity contribution in [1.82, 2.24) is 5.32 Å². The molecule has 0 aliphatic rings. The van der Waals surface area contributed by atoms with Gasteiger partial charge in [0, 0.05) is 5.69 Å². The lowest BCUT2D eigenvalue weighted by Gasteiger charge is -2.24. The molecule has 2 aromatic carbocycles. The number of hydrogen-bond donors (Lipinski definition) is 2. The molecule has 2 atom stereocenters. The van der Waals surface area contributed by atoms with Gasteiger partial charge in [-0.2, -0.15) is 0 Å². The molecule has 0 saturated heterocycles. The van der Waals surface area contributed by atoms with E-state index < -0.39 is 17.9 Å². The first-order valence-corrected chi connectivity index (χ1v) is 9.88. The zero-order chi connectivity index (χ0) is 21.4. The van der Waals surface area contributed by atoms with E-state index in [0.29, 0.717) is 34.9 Å². The Morgan fingerprint density at radius 3 is 2.28 bits per heavy atom. The number of carbonyl (C=O) groups is 3. The molecule has 29 heavy (non-hydrogen) atoms. The highest BCUT2D eigenvalue weighted by atomic mass is 35.5. The molecule has 2 amide bonds. The molecule has 0 aromatic heterocycles. The SMILES string of the molecule is CCOC(=O)c1ccc(NC(=O)C(NC(=O)c2ccccc2Cl)C(C)CC)cc1. The summed E-state index contributed by atoms with van der Waals surface area (Å²) in [7, 11) is 0. The van der Waals surface area contributed by atoms with Crippen molar-refractivity contribution < 1.29 is 19.1 Å². The fraction of sp³-hybridized carbons (Fsp3) is 0.318. The van der Waals surface area contributed by atoms with Gasteiger partial charge in [0.15, 0.2) is 0 Å². The summed E-state index contributed by atoms with van der Waals surface area (Å²) in [5.41, 5.74) is 1.23.